The summed E-state index contributed by atoms with van der Waals surface area (Å²) in [4.78, 5) is 26.9. The molecule has 1 atom stereocenters. The Morgan fingerprint density at radius 3 is 2.50 bits per heavy atom. The molecule has 6 heteroatoms. The largest absolute Gasteiger partial charge is 0.464 e. The number of hydrogen-bond donors (Lipinski definition) is 2. The van der Waals surface area contributed by atoms with Crippen molar-refractivity contribution in [3.8, 4) is 0 Å². The minimum Gasteiger partial charge on any atom is -0.464 e. The van der Waals surface area contributed by atoms with Crippen LogP contribution in [0.3, 0.4) is 0 Å². The molecule has 0 spiro atoms. The van der Waals surface area contributed by atoms with E-state index in [1.807, 2.05) is 6.92 Å². The van der Waals surface area contributed by atoms with Gasteiger partial charge in [-0.3, -0.25) is 9.59 Å². The first-order valence-corrected chi connectivity index (χ1v) is 11.1. The van der Waals surface area contributed by atoms with Crippen LogP contribution in [0, 0.1) is 19.3 Å². The molecular weight excluding hydrogens is 424 g/mol. The molecule has 1 aromatic heterocycles. The fraction of sp³-hybridized carbons (Fsp3) is 0.308. The molecule has 164 valence electrons. The van der Waals surface area contributed by atoms with Gasteiger partial charge in [0.05, 0.1) is 28.4 Å². The Bertz CT molecular complexity index is 1380. The molecule has 0 amide bonds. The van der Waals surface area contributed by atoms with Gasteiger partial charge in [0.15, 0.2) is 11.2 Å². The lowest BCUT2D eigenvalue weighted by Gasteiger charge is -2.33. The number of hydrogen-bond acceptors (Lipinski definition) is 5. The second-order valence-electron chi connectivity index (χ2n) is 9.68. The Hall–Kier alpha value is -3.05. The van der Waals surface area contributed by atoms with Crippen molar-refractivity contribution in [2.45, 2.75) is 46.6 Å². The molecule has 32 heavy (non-hydrogen) atoms. The third-order valence-corrected chi connectivity index (χ3v) is 6.74. The normalized spacial score (nSPS) is 19.7. The molecule has 0 saturated heterocycles. The van der Waals surface area contributed by atoms with Gasteiger partial charge in [0.2, 0.25) is 0 Å². The second-order valence-corrected chi connectivity index (χ2v) is 10.1. The molecule has 2 aliphatic rings. The summed E-state index contributed by atoms with van der Waals surface area (Å²) >= 11 is 6.15. The van der Waals surface area contributed by atoms with Gasteiger partial charge in [-0.2, -0.15) is 0 Å². The van der Waals surface area contributed by atoms with E-state index in [1.54, 1.807) is 18.2 Å². The number of aryl methyl sites for hydroxylation is 2. The molecule has 1 unspecified atom stereocenters. The fourth-order valence-electron chi connectivity index (χ4n) is 4.76. The van der Waals surface area contributed by atoms with Crippen LogP contribution in [0.15, 0.2) is 57.1 Å². The molecule has 2 aromatic carbocycles. The topological polar surface area (TPSA) is 71.3 Å². The van der Waals surface area contributed by atoms with Gasteiger partial charge in [-0.25, -0.2) is 0 Å². The molecule has 1 aliphatic heterocycles. The zero-order valence-electron chi connectivity index (χ0n) is 18.6. The van der Waals surface area contributed by atoms with Gasteiger partial charge in [0, 0.05) is 22.7 Å². The Labute approximate surface area is 191 Å². The van der Waals surface area contributed by atoms with Crippen molar-refractivity contribution in [1.82, 2.24) is 0 Å². The van der Waals surface area contributed by atoms with Crippen LogP contribution in [0.2, 0.25) is 5.02 Å². The number of allylic oxidation sites excluding steroid dienone is 1. The van der Waals surface area contributed by atoms with E-state index in [9.17, 15) is 9.59 Å². The van der Waals surface area contributed by atoms with Crippen LogP contribution in [-0.2, 0) is 4.79 Å². The maximum Gasteiger partial charge on any atom is 0.198 e. The number of benzene rings is 2. The van der Waals surface area contributed by atoms with Crippen molar-refractivity contribution >= 4 is 39.7 Å². The Morgan fingerprint density at radius 1 is 1.03 bits per heavy atom. The van der Waals surface area contributed by atoms with Crippen LogP contribution < -0.4 is 16.1 Å². The van der Waals surface area contributed by atoms with E-state index >= 15 is 0 Å². The minimum atomic E-state index is -0.621. The van der Waals surface area contributed by atoms with E-state index < -0.39 is 6.04 Å². The Kier molecular flexibility index (Phi) is 4.71. The fourth-order valence-corrected chi connectivity index (χ4v) is 4.93. The number of halogens is 1. The average molecular weight is 449 g/mol. The molecule has 5 rings (SSSR count). The number of Topliss-reactive ketones (excluding diaryl/α,β-unsaturated/α-hetero) is 1. The maximum absolute atomic E-state index is 13.5. The smallest absolute Gasteiger partial charge is 0.198 e. The first kappa shape index (κ1) is 20.8. The zero-order chi connectivity index (χ0) is 22.8. The standard InChI is InChI=1S/C26H25ClN2O3/c1-13-7-18-19(8-14(13)2)29-24(23-20(28-18)10-26(3,4)11-21(23)30)17-12-32-22-6-5-15(27)9-16(22)25(17)31/h5-9,12,24,28-29H,10-11H2,1-4H3. The molecule has 2 N–H and O–H groups in total. The second kappa shape index (κ2) is 7.24. The summed E-state index contributed by atoms with van der Waals surface area (Å²) in [5.41, 5.74) is 5.99. The zero-order valence-corrected chi connectivity index (χ0v) is 19.3. The predicted octanol–water partition coefficient (Wildman–Crippen LogP) is 6.29. The molecule has 0 bridgehead atoms. The summed E-state index contributed by atoms with van der Waals surface area (Å²) in [5.74, 6) is 0.0353. The lowest BCUT2D eigenvalue weighted by molar-refractivity contribution is -0.118. The van der Waals surface area contributed by atoms with Gasteiger partial charge in [0.25, 0.3) is 0 Å². The van der Waals surface area contributed by atoms with E-state index in [1.165, 1.54) is 6.26 Å². The summed E-state index contributed by atoms with van der Waals surface area (Å²) in [6.07, 6.45) is 2.61. The van der Waals surface area contributed by atoms with Gasteiger partial charge < -0.3 is 15.1 Å². The predicted molar refractivity (Wildman–Crippen MR) is 128 cm³/mol. The average Bonchev–Trinajstić information content (AvgIpc) is 2.84. The number of ketones is 1. The first-order chi connectivity index (χ1) is 15.1. The molecule has 1 aliphatic carbocycles. The summed E-state index contributed by atoms with van der Waals surface area (Å²) in [6.45, 7) is 8.30. The Morgan fingerprint density at radius 2 is 1.75 bits per heavy atom. The molecule has 0 saturated carbocycles. The van der Waals surface area contributed by atoms with E-state index in [-0.39, 0.29) is 16.6 Å². The lowest BCUT2D eigenvalue weighted by atomic mass is 9.73. The van der Waals surface area contributed by atoms with Crippen molar-refractivity contribution in [2.24, 2.45) is 5.41 Å². The van der Waals surface area contributed by atoms with Crippen molar-refractivity contribution in [2.75, 3.05) is 10.6 Å². The van der Waals surface area contributed by atoms with Crippen LogP contribution in [0.5, 0.6) is 0 Å². The highest BCUT2D eigenvalue weighted by Crippen LogP contribution is 2.45. The van der Waals surface area contributed by atoms with Gasteiger partial charge in [-0.1, -0.05) is 25.4 Å². The van der Waals surface area contributed by atoms with Crippen LogP contribution in [0.25, 0.3) is 11.0 Å². The summed E-state index contributed by atoms with van der Waals surface area (Å²) in [7, 11) is 0. The summed E-state index contributed by atoms with van der Waals surface area (Å²) < 4.78 is 5.81. The van der Waals surface area contributed by atoms with E-state index in [0.29, 0.717) is 40.0 Å². The van der Waals surface area contributed by atoms with Gasteiger partial charge in [-0.05, 0) is 67.1 Å². The van der Waals surface area contributed by atoms with Crippen molar-refractivity contribution in [1.29, 1.82) is 0 Å². The van der Waals surface area contributed by atoms with Crippen molar-refractivity contribution in [3.05, 3.63) is 79.8 Å². The number of fused-ring (bicyclic) bond motifs is 2. The van der Waals surface area contributed by atoms with Crippen molar-refractivity contribution in [3.63, 3.8) is 0 Å². The van der Waals surface area contributed by atoms with Gasteiger partial charge >= 0.3 is 0 Å². The number of anilines is 2. The highest BCUT2D eigenvalue weighted by Gasteiger charge is 2.39. The van der Waals surface area contributed by atoms with Gasteiger partial charge in [-0.15, -0.1) is 0 Å². The van der Waals surface area contributed by atoms with Crippen LogP contribution in [-0.4, -0.2) is 5.78 Å². The molecular formula is C26H25ClN2O3. The molecule has 3 aromatic rings. The third kappa shape index (κ3) is 3.41. The third-order valence-electron chi connectivity index (χ3n) is 6.50. The summed E-state index contributed by atoms with van der Waals surface area (Å²) in [6, 6.07) is 8.51. The van der Waals surface area contributed by atoms with Crippen LogP contribution in [0.4, 0.5) is 11.4 Å². The van der Waals surface area contributed by atoms with Crippen LogP contribution in [0.1, 0.15) is 49.4 Å². The number of carbonyl (C=O) groups excluding carboxylic acids is 1. The minimum absolute atomic E-state index is 0.0353. The first-order valence-electron chi connectivity index (χ1n) is 10.7. The molecule has 5 nitrogen and oxygen atoms in total. The molecule has 0 fully saturated rings. The molecule has 2 heterocycles. The van der Waals surface area contributed by atoms with E-state index in [2.05, 4.69) is 43.5 Å². The lowest BCUT2D eigenvalue weighted by Crippen LogP contribution is -2.33. The highest BCUT2D eigenvalue weighted by atomic mass is 35.5. The molecule has 0 radical (unpaired) electrons. The van der Waals surface area contributed by atoms with E-state index in [4.69, 9.17) is 16.0 Å². The number of carbonyl (C=O) groups is 1. The number of rotatable bonds is 1. The van der Waals surface area contributed by atoms with Crippen LogP contribution >= 0.6 is 11.6 Å². The van der Waals surface area contributed by atoms with Crippen molar-refractivity contribution < 1.29 is 9.21 Å². The van der Waals surface area contributed by atoms with E-state index in [0.717, 1.165) is 28.2 Å². The Balaban J connectivity index is 1.76. The number of nitrogens with one attached hydrogen (secondary N) is 2. The monoisotopic (exact) mass is 448 g/mol. The highest BCUT2D eigenvalue weighted by molar-refractivity contribution is 6.31. The summed E-state index contributed by atoms with van der Waals surface area (Å²) in [5, 5.41) is 7.88. The maximum atomic E-state index is 13.5. The SMILES string of the molecule is Cc1cc2c(cc1C)NC(c1coc3ccc(Cl)cc3c1=O)C1=C(CC(C)(C)CC1=O)N2. The quantitative estimate of drug-likeness (QED) is 0.458. The van der Waals surface area contributed by atoms with Gasteiger partial charge in [0.1, 0.15) is 11.8 Å².